The second-order valence-corrected chi connectivity index (χ2v) is 5.58. The molecule has 2 rings (SSSR count). The highest BCUT2D eigenvalue weighted by atomic mass is 35.5. The minimum Gasteiger partial charge on any atom is -0.409 e. The van der Waals surface area contributed by atoms with Gasteiger partial charge in [0.2, 0.25) is 0 Å². The third-order valence-electron chi connectivity index (χ3n) is 3.79. The van der Waals surface area contributed by atoms with Gasteiger partial charge < -0.3 is 10.9 Å². The molecule has 0 aliphatic carbocycles. The van der Waals surface area contributed by atoms with Crippen LogP contribution in [0.25, 0.3) is 0 Å². The Labute approximate surface area is 124 Å². The van der Waals surface area contributed by atoms with Crippen molar-refractivity contribution in [1.29, 1.82) is 0 Å². The highest BCUT2D eigenvalue weighted by Gasteiger charge is 2.23. The number of hydrogen-bond acceptors (Lipinski definition) is 4. The van der Waals surface area contributed by atoms with E-state index in [4.69, 9.17) is 22.5 Å². The Morgan fingerprint density at radius 2 is 2.10 bits per heavy atom. The van der Waals surface area contributed by atoms with Crippen molar-refractivity contribution in [3.8, 4) is 0 Å². The lowest BCUT2D eigenvalue weighted by Crippen LogP contribution is -2.52. The maximum absolute atomic E-state index is 8.72. The average molecular weight is 297 g/mol. The van der Waals surface area contributed by atoms with Crippen LogP contribution in [0.1, 0.15) is 12.5 Å². The summed E-state index contributed by atoms with van der Waals surface area (Å²) in [5.41, 5.74) is 6.88. The average Bonchev–Trinajstić information content (AvgIpc) is 2.46. The molecule has 1 aliphatic heterocycles. The molecule has 110 valence electrons. The first-order valence-electron chi connectivity index (χ1n) is 6.78. The molecule has 0 radical (unpaired) electrons. The second-order valence-electron chi connectivity index (χ2n) is 5.14. The summed E-state index contributed by atoms with van der Waals surface area (Å²) >= 11 is 6.00. The van der Waals surface area contributed by atoms with Gasteiger partial charge >= 0.3 is 0 Å². The number of oxime groups is 1. The summed E-state index contributed by atoms with van der Waals surface area (Å²) in [7, 11) is 0. The summed E-state index contributed by atoms with van der Waals surface area (Å²) in [4.78, 5) is 4.62. The molecule has 0 amide bonds. The molecule has 3 N–H and O–H groups in total. The predicted octanol–water partition coefficient (Wildman–Crippen LogP) is 1.59. The van der Waals surface area contributed by atoms with Crippen LogP contribution in [0.2, 0.25) is 5.02 Å². The Morgan fingerprint density at radius 1 is 1.40 bits per heavy atom. The van der Waals surface area contributed by atoms with Gasteiger partial charge in [-0.3, -0.25) is 9.80 Å². The van der Waals surface area contributed by atoms with Crippen LogP contribution >= 0.6 is 11.6 Å². The fraction of sp³-hybridized carbons (Fsp3) is 0.500. The van der Waals surface area contributed by atoms with E-state index in [0.717, 1.165) is 37.7 Å². The number of halogens is 1. The van der Waals surface area contributed by atoms with Crippen LogP contribution in [0.5, 0.6) is 0 Å². The summed E-state index contributed by atoms with van der Waals surface area (Å²) in [6, 6.07) is 7.95. The van der Waals surface area contributed by atoms with E-state index in [1.165, 1.54) is 5.56 Å². The first-order chi connectivity index (χ1) is 9.60. The molecule has 1 heterocycles. The first kappa shape index (κ1) is 15.1. The van der Waals surface area contributed by atoms with Crippen molar-refractivity contribution in [2.45, 2.75) is 19.5 Å². The summed E-state index contributed by atoms with van der Waals surface area (Å²) in [5, 5.41) is 12.6. The molecule has 1 unspecified atom stereocenters. The number of piperazine rings is 1. The summed E-state index contributed by atoms with van der Waals surface area (Å²) < 4.78 is 0. The van der Waals surface area contributed by atoms with Gasteiger partial charge in [-0.1, -0.05) is 28.9 Å². The van der Waals surface area contributed by atoms with E-state index in [9.17, 15) is 0 Å². The van der Waals surface area contributed by atoms with E-state index >= 15 is 0 Å². The highest BCUT2D eigenvalue weighted by Crippen LogP contribution is 2.14. The van der Waals surface area contributed by atoms with Crippen molar-refractivity contribution in [3.63, 3.8) is 0 Å². The van der Waals surface area contributed by atoms with Gasteiger partial charge in [0, 0.05) is 37.7 Å². The highest BCUT2D eigenvalue weighted by molar-refractivity contribution is 6.30. The van der Waals surface area contributed by atoms with E-state index in [2.05, 4.69) is 21.0 Å². The third-order valence-corrected chi connectivity index (χ3v) is 4.03. The Morgan fingerprint density at radius 3 is 2.70 bits per heavy atom. The van der Waals surface area contributed by atoms with Crippen molar-refractivity contribution in [2.24, 2.45) is 10.9 Å². The van der Waals surface area contributed by atoms with Crippen LogP contribution in [0.3, 0.4) is 0 Å². The van der Waals surface area contributed by atoms with Gasteiger partial charge in [0.1, 0.15) is 0 Å². The molecule has 0 aromatic heterocycles. The number of nitrogens with two attached hydrogens (primary N) is 1. The largest absolute Gasteiger partial charge is 0.409 e. The lowest BCUT2D eigenvalue weighted by Gasteiger charge is -2.37. The molecule has 0 spiro atoms. The second kappa shape index (κ2) is 6.92. The number of amidine groups is 1. The predicted molar refractivity (Wildman–Crippen MR) is 81.2 cm³/mol. The first-order valence-corrected chi connectivity index (χ1v) is 7.16. The molecule has 1 atom stereocenters. The van der Waals surface area contributed by atoms with Crippen molar-refractivity contribution < 1.29 is 5.21 Å². The van der Waals surface area contributed by atoms with Gasteiger partial charge in [-0.2, -0.15) is 0 Å². The van der Waals surface area contributed by atoms with Crippen molar-refractivity contribution in [1.82, 2.24) is 9.80 Å². The zero-order valence-corrected chi connectivity index (χ0v) is 12.4. The molecular weight excluding hydrogens is 276 g/mol. The van der Waals surface area contributed by atoms with Gasteiger partial charge in [-0.05, 0) is 24.6 Å². The molecule has 1 aliphatic rings. The number of rotatable bonds is 4. The summed E-state index contributed by atoms with van der Waals surface area (Å²) in [6.07, 6.45) is 0. The Balaban J connectivity index is 1.85. The minimum absolute atomic E-state index is 0.0201. The Bertz CT molecular complexity index is 472. The third kappa shape index (κ3) is 3.85. The van der Waals surface area contributed by atoms with Crippen LogP contribution < -0.4 is 5.73 Å². The van der Waals surface area contributed by atoms with E-state index in [1.54, 1.807) is 0 Å². The summed E-state index contributed by atoms with van der Waals surface area (Å²) in [5.74, 6) is 0.272. The molecule has 0 saturated carbocycles. The van der Waals surface area contributed by atoms with E-state index in [1.807, 2.05) is 25.1 Å². The van der Waals surface area contributed by atoms with Gasteiger partial charge in [-0.15, -0.1) is 0 Å². The van der Waals surface area contributed by atoms with Crippen LogP contribution in [-0.2, 0) is 6.54 Å². The fourth-order valence-corrected chi connectivity index (χ4v) is 2.69. The molecular formula is C14H21ClN4O. The topological polar surface area (TPSA) is 65.1 Å². The lowest BCUT2D eigenvalue weighted by atomic mass is 10.1. The van der Waals surface area contributed by atoms with Gasteiger partial charge in [0.05, 0.1) is 6.04 Å². The SMILES string of the molecule is CC(C(N)=NO)N1CCN(Cc2cccc(Cl)c2)CC1. The monoisotopic (exact) mass is 296 g/mol. The molecule has 1 saturated heterocycles. The minimum atomic E-state index is -0.0201. The molecule has 1 fully saturated rings. The quantitative estimate of drug-likeness (QED) is 0.383. The smallest absolute Gasteiger partial charge is 0.156 e. The van der Waals surface area contributed by atoms with E-state index in [-0.39, 0.29) is 11.9 Å². The van der Waals surface area contributed by atoms with Gasteiger partial charge in [0.25, 0.3) is 0 Å². The zero-order valence-electron chi connectivity index (χ0n) is 11.7. The summed E-state index contributed by atoms with van der Waals surface area (Å²) in [6.45, 7) is 6.63. The number of nitrogens with zero attached hydrogens (tertiary/aromatic N) is 3. The zero-order chi connectivity index (χ0) is 14.5. The van der Waals surface area contributed by atoms with Crippen molar-refractivity contribution in [2.75, 3.05) is 26.2 Å². The van der Waals surface area contributed by atoms with Crippen LogP contribution in [0.15, 0.2) is 29.4 Å². The number of benzene rings is 1. The lowest BCUT2D eigenvalue weighted by molar-refractivity contribution is 0.116. The molecule has 1 aromatic rings. The van der Waals surface area contributed by atoms with Gasteiger partial charge in [-0.25, -0.2) is 0 Å². The maximum atomic E-state index is 8.72. The maximum Gasteiger partial charge on any atom is 0.156 e. The standard InChI is InChI=1S/C14H21ClN4O/c1-11(14(16)17-20)19-7-5-18(6-8-19)10-12-3-2-4-13(15)9-12/h2-4,9,11,20H,5-8,10H2,1H3,(H2,16,17). The van der Waals surface area contributed by atoms with Crippen molar-refractivity contribution >= 4 is 17.4 Å². The van der Waals surface area contributed by atoms with Crippen LogP contribution in [0.4, 0.5) is 0 Å². The van der Waals surface area contributed by atoms with Gasteiger partial charge in [0.15, 0.2) is 5.84 Å². The molecule has 20 heavy (non-hydrogen) atoms. The Hall–Kier alpha value is -1.30. The Kier molecular flexibility index (Phi) is 5.23. The molecule has 1 aromatic carbocycles. The molecule has 5 nitrogen and oxygen atoms in total. The van der Waals surface area contributed by atoms with Crippen molar-refractivity contribution in [3.05, 3.63) is 34.9 Å². The molecule has 0 bridgehead atoms. The number of hydrogen-bond donors (Lipinski definition) is 2. The van der Waals surface area contributed by atoms with Crippen LogP contribution in [0, 0.1) is 0 Å². The fourth-order valence-electron chi connectivity index (χ4n) is 2.47. The van der Waals surface area contributed by atoms with Crippen LogP contribution in [-0.4, -0.2) is 53.1 Å². The van der Waals surface area contributed by atoms with E-state index < -0.39 is 0 Å². The molecule has 6 heteroatoms. The van der Waals surface area contributed by atoms with E-state index in [0.29, 0.717) is 0 Å². The normalized spacial score (nSPS) is 20.0.